The Morgan fingerprint density at radius 2 is 1.86 bits per heavy atom. The van der Waals surface area contributed by atoms with Crippen molar-refractivity contribution in [1.82, 2.24) is 4.90 Å². The normalized spacial score (nSPS) is 14.0. The molecule has 4 nitrogen and oxygen atoms in total. The topological polar surface area (TPSA) is 49.8 Å². The average molecular weight is 293 g/mol. The fraction of sp³-hybridized carbons (Fsp3) is 0.588. The number of benzene rings is 1. The Bertz CT molecular complexity index is 430. The van der Waals surface area contributed by atoms with E-state index < -0.39 is 5.97 Å². The van der Waals surface area contributed by atoms with Crippen molar-refractivity contribution in [3.8, 4) is 5.75 Å². The van der Waals surface area contributed by atoms with E-state index in [2.05, 4.69) is 27.7 Å². The predicted octanol–water partition coefficient (Wildman–Crippen LogP) is 3.72. The molecule has 0 saturated carbocycles. The van der Waals surface area contributed by atoms with E-state index in [1.807, 2.05) is 29.2 Å². The second-order valence-electron chi connectivity index (χ2n) is 5.42. The Balaban J connectivity index is 2.82. The summed E-state index contributed by atoms with van der Waals surface area (Å²) >= 11 is 0. The van der Waals surface area contributed by atoms with E-state index in [0.717, 1.165) is 24.2 Å². The molecular formula is C17H27NO3. The number of aliphatic carboxylic acids is 1. The minimum absolute atomic E-state index is 0.0598. The zero-order valence-corrected chi connectivity index (χ0v) is 13.5. The number of ether oxygens (including phenoxy) is 1. The summed E-state index contributed by atoms with van der Waals surface area (Å²) in [5.41, 5.74) is 1.11. The molecule has 0 aliphatic rings. The molecule has 21 heavy (non-hydrogen) atoms. The summed E-state index contributed by atoms with van der Waals surface area (Å²) in [6.07, 6.45) is 1.91. The van der Waals surface area contributed by atoms with Crippen LogP contribution in [0.1, 0.15) is 52.1 Å². The Morgan fingerprint density at radius 3 is 2.33 bits per heavy atom. The first kappa shape index (κ1) is 17.5. The van der Waals surface area contributed by atoms with Crippen LogP contribution in [0, 0.1) is 0 Å². The number of hydrogen-bond donors (Lipinski definition) is 1. The van der Waals surface area contributed by atoms with Crippen LogP contribution in [0.4, 0.5) is 0 Å². The molecule has 0 aliphatic heterocycles. The molecular weight excluding hydrogens is 266 g/mol. The maximum atomic E-state index is 11.1. The summed E-state index contributed by atoms with van der Waals surface area (Å²) in [5.74, 6) is 0.0752. The minimum Gasteiger partial charge on any atom is -0.494 e. The van der Waals surface area contributed by atoms with Crippen molar-refractivity contribution in [3.05, 3.63) is 29.8 Å². The van der Waals surface area contributed by atoms with Crippen molar-refractivity contribution in [2.24, 2.45) is 0 Å². The smallest absolute Gasteiger partial charge is 0.317 e. The van der Waals surface area contributed by atoms with E-state index in [9.17, 15) is 4.79 Å². The highest BCUT2D eigenvalue weighted by Gasteiger charge is 2.22. The lowest BCUT2D eigenvalue weighted by Gasteiger charge is -2.33. The molecule has 1 aromatic carbocycles. The van der Waals surface area contributed by atoms with Gasteiger partial charge < -0.3 is 9.84 Å². The lowest BCUT2D eigenvalue weighted by atomic mass is 10.0. The van der Waals surface area contributed by atoms with Crippen LogP contribution >= 0.6 is 0 Å². The summed E-state index contributed by atoms with van der Waals surface area (Å²) in [6.45, 7) is 9.05. The summed E-state index contributed by atoms with van der Waals surface area (Å²) < 4.78 is 5.58. The first-order valence-corrected chi connectivity index (χ1v) is 7.69. The molecule has 0 amide bonds. The number of nitrogens with zero attached hydrogens (tertiary/aromatic N) is 1. The Labute approximate surface area is 127 Å². The van der Waals surface area contributed by atoms with Crippen LogP contribution in [-0.2, 0) is 4.79 Å². The van der Waals surface area contributed by atoms with Crippen LogP contribution < -0.4 is 4.74 Å². The van der Waals surface area contributed by atoms with Gasteiger partial charge in [0.15, 0.2) is 0 Å². The van der Waals surface area contributed by atoms with Gasteiger partial charge >= 0.3 is 5.97 Å². The highest BCUT2D eigenvalue weighted by Crippen LogP contribution is 2.25. The standard InChI is InChI=1S/C17H27NO3/c1-5-11-21-16-9-7-15(8-10-16)14(4)18(12-17(19)20)13(3)6-2/h7-10,13-14H,5-6,11-12H2,1-4H3,(H,19,20). The fourth-order valence-electron chi connectivity index (χ4n) is 2.32. The zero-order valence-electron chi connectivity index (χ0n) is 13.5. The second kappa shape index (κ2) is 8.67. The molecule has 0 fully saturated rings. The van der Waals surface area contributed by atoms with Crippen LogP contribution in [0.15, 0.2) is 24.3 Å². The van der Waals surface area contributed by atoms with Crippen molar-refractivity contribution in [3.63, 3.8) is 0 Å². The first-order chi connectivity index (χ1) is 9.99. The quantitative estimate of drug-likeness (QED) is 0.754. The van der Waals surface area contributed by atoms with Gasteiger partial charge in [-0.2, -0.15) is 0 Å². The predicted molar refractivity (Wildman–Crippen MR) is 84.7 cm³/mol. The van der Waals surface area contributed by atoms with Crippen LogP contribution in [0.3, 0.4) is 0 Å². The molecule has 0 bridgehead atoms. The van der Waals surface area contributed by atoms with Gasteiger partial charge in [0.1, 0.15) is 5.75 Å². The molecule has 118 valence electrons. The molecule has 0 heterocycles. The van der Waals surface area contributed by atoms with Gasteiger partial charge in [0.05, 0.1) is 13.2 Å². The number of rotatable bonds is 9. The second-order valence-corrected chi connectivity index (χ2v) is 5.42. The number of carboxylic acids is 1. The van der Waals surface area contributed by atoms with Crippen molar-refractivity contribution >= 4 is 5.97 Å². The monoisotopic (exact) mass is 293 g/mol. The number of hydrogen-bond acceptors (Lipinski definition) is 3. The lowest BCUT2D eigenvalue weighted by Crippen LogP contribution is -2.39. The summed E-state index contributed by atoms with van der Waals surface area (Å²) in [7, 11) is 0. The maximum absolute atomic E-state index is 11.1. The van der Waals surface area contributed by atoms with E-state index in [1.54, 1.807) is 0 Å². The Hall–Kier alpha value is -1.55. The molecule has 1 N–H and O–H groups in total. The Kier molecular flexibility index (Phi) is 7.23. The number of carboxylic acid groups (broad SMARTS) is 1. The van der Waals surface area contributed by atoms with Gasteiger partial charge in [-0.1, -0.05) is 26.0 Å². The van der Waals surface area contributed by atoms with Crippen molar-refractivity contribution in [1.29, 1.82) is 0 Å². The largest absolute Gasteiger partial charge is 0.494 e. The van der Waals surface area contributed by atoms with Crippen molar-refractivity contribution in [2.45, 2.75) is 52.6 Å². The van der Waals surface area contributed by atoms with Gasteiger partial charge in [-0.25, -0.2) is 0 Å². The third-order valence-electron chi connectivity index (χ3n) is 3.81. The lowest BCUT2D eigenvalue weighted by molar-refractivity contribution is -0.139. The molecule has 0 spiro atoms. The molecule has 0 saturated heterocycles. The highest BCUT2D eigenvalue weighted by molar-refractivity contribution is 5.69. The third kappa shape index (κ3) is 5.38. The highest BCUT2D eigenvalue weighted by atomic mass is 16.5. The molecule has 2 atom stereocenters. The van der Waals surface area contributed by atoms with Crippen molar-refractivity contribution < 1.29 is 14.6 Å². The molecule has 1 rings (SSSR count). The zero-order chi connectivity index (χ0) is 15.8. The minimum atomic E-state index is -0.787. The van der Waals surface area contributed by atoms with E-state index in [-0.39, 0.29) is 18.6 Å². The van der Waals surface area contributed by atoms with Crippen molar-refractivity contribution in [2.75, 3.05) is 13.2 Å². The summed E-state index contributed by atoms with van der Waals surface area (Å²) in [4.78, 5) is 13.1. The number of carbonyl (C=O) groups is 1. The van der Waals surface area contributed by atoms with Gasteiger partial charge in [0.2, 0.25) is 0 Å². The van der Waals surface area contributed by atoms with Crippen LogP contribution in [0.2, 0.25) is 0 Å². The molecule has 0 radical (unpaired) electrons. The van der Waals surface area contributed by atoms with Crippen LogP contribution in [0.5, 0.6) is 5.75 Å². The Morgan fingerprint density at radius 1 is 1.24 bits per heavy atom. The summed E-state index contributed by atoms with van der Waals surface area (Å²) in [6, 6.07) is 8.25. The van der Waals surface area contributed by atoms with Gasteiger partial charge in [0, 0.05) is 12.1 Å². The van der Waals surface area contributed by atoms with E-state index >= 15 is 0 Å². The SMILES string of the molecule is CCCOc1ccc(C(C)N(CC(=O)O)C(C)CC)cc1. The average Bonchev–Trinajstić information content (AvgIpc) is 2.49. The van der Waals surface area contributed by atoms with E-state index in [1.165, 1.54) is 0 Å². The molecule has 4 heteroatoms. The summed E-state index contributed by atoms with van der Waals surface area (Å²) in [5, 5.41) is 9.10. The molecule has 0 aliphatic carbocycles. The third-order valence-corrected chi connectivity index (χ3v) is 3.81. The van der Waals surface area contributed by atoms with Crippen LogP contribution in [-0.4, -0.2) is 35.2 Å². The molecule has 1 aromatic rings. The van der Waals surface area contributed by atoms with Gasteiger partial charge in [-0.15, -0.1) is 0 Å². The van der Waals surface area contributed by atoms with Gasteiger partial charge in [-0.3, -0.25) is 9.69 Å². The van der Waals surface area contributed by atoms with E-state index in [0.29, 0.717) is 6.61 Å². The fourth-order valence-corrected chi connectivity index (χ4v) is 2.32. The van der Waals surface area contributed by atoms with Gasteiger partial charge in [-0.05, 0) is 44.4 Å². The molecule has 2 unspecified atom stereocenters. The molecule has 0 aromatic heterocycles. The van der Waals surface area contributed by atoms with Gasteiger partial charge in [0.25, 0.3) is 0 Å². The van der Waals surface area contributed by atoms with Crippen LogP contribution in [0.25, 0.3) is 0 Å². The van der Waals surface area contributed by atoms with E-state index in [4.69, 9.17) is 9.84 Å². The first-order valence-electron chi connectivity index (χ1n) is 7.69. The maximum Gasteiger partial charge on any atom is 0.317 e.